The summed E-state index contributed by atoms with van der Waals surface area (Å²) in [4.78, 5) is 17.7. The van der Waals surface area contributed by atoms with Gasteiger partial charge >= 0.3 is 6.18 Å². The molecule has 0 saturated heterocycles. The first-order valence-corrected chi connectivity index (χ1v) is 6.63. The number of nitrogens with one attached hydrogen (secondary N) is 1. The van der Waals surface area contributed by atoms with Crippen LogP contribution in [-0.4, -0.2) is 17.1 Å². The zero-order chi connectivity index (χ0) is 16.6. The van der Waals surface area contributed by atoms with Crippen LogP contribution in [0.5, 0.6) is 5.75 Å². The highest BCUT2D eigenvalue weighted by Crippen LogP contribution is 2.36. The van der Waals surface area contributed by atoms with Crippen molar-refractivity contribution in [1.82, 2.24) is 9.97 Å². The number of halogens is 3. The number of fused-ring (bicyclic) bond motifs is 1. The van der Waals surface area contributed by atoms with Gasteiger partial charge in [-0.2, -0.15) is 13.2 Å². The number of aromatic nitrogens is 2. The Morgan fingerprint density at radius 3 is 2.43 bits per heavy atom. The van der Waals surface area contributed by atoms with E-state index in [1.807, 2.05) is 0 Å². The highest BCUT2D eigenvalue weighted by atomic mass is 19.4. The van der Waals surface area contributed by atoms with Crippen molar-refractivity contribution < 1.29 is 17.9 Å². The first-order chi connectivity index (χ1) is 10.9. The summed E-state index contributed by atoms with van der Waals surface area (Å²) in [6.45, 7) is 0. The summed E-state index contributed by atoms with van der Waals surface area (Å²) in [7, 11) is 1.50. The summed E-state index contributed by atoms with van der Waals surface area (Å²) in [5.74, 6) is 0.589. The maximum absolute atomic E-state index is 13.1. The van der Waals surface area contributed by atoms with Gasteiger partial charge in [0.2, 0.25) is 0 Å². The monoisotopic (exact) mass is 320 g/mol. The number of H-pyrrole nitrogens is 1. The maximum atomic E-state index is 13.1. The summed E-state index contributed by atoms with van der Waals surface area (Å²) in [5, 5.41) is 0. The van der Waals surface area contributed by atoms with Crippen LogP contribution in [0.25, 0.3) is 22.2 Å². The van der Waals surface area contributed by atoms with E-state index in [-0.39, 0.29) is 11.1 Å². The fourth-order valence-corrected chi connectivity index (χ4v) is 2.31. The topological polar surface area (TPSA) is 55.0 Å². The van der Waals surface area contributed by atoms with Crippen LogP contribution in [0.4, 0.5) is 13.2 Å². The number of nitrogens with zero attached hydrogens (tertiary/aromatic N) is 1. The molecule has 0 aliphatic rings. The molecule has 118 valence electrons. The van der Waals surface area contributed by atoms with Crippen molar-refractivity contribution in [2.75, 3.05) is 7.11 Å². The molecule has 0 radical (unpaired) electrons. The molecule has 7 heteroatoms. The molecule has 0 fully saturated rings. The van der Waals surface area contributed by atoms with Crippen LogP contribution < -0.4 is 10.3 Å². The molecule has 0 aliphatic carbocycles. The van der Waals surface area contributed by atoms with Crippen molar-refractivity contribution in [3.63, 3.8) is 0 Å². The molecule has 0 amide bonds. The lowest BCUT2D eigenvalue weighted by atomic mass is 10.0. The Bertz CT molecular complexity index is 915. The van der Waals surface area contributed by atoms with Crippen LogP contribution in [0.15, 0.2) is 47.4 Å². The van der Waals surface area contributed by atoms with Crippen molar-refractivity contribution >= 4 is 11.0 Å². The Hall–Kier alpha value is -2.83. The molecule has 0 aliphatic heterocycles. The third-order valence-electron chi connectivity index (χ3n) is 3.41. The van der Waals surface area contributed by atoms with Gasteiger partial charge in [-0.1, -0.05) is 12.1 Å². The molecule has 1 N–H and O–H groups in total. The van der Waals surface area contributed by atoms with E-state index in [4.69, 9.17) is 4.74 Å². The number of ether oxygens (including phenoxy) is 1. The number of benzene rings is 2. The fourth-order valence-electron chi connectivity index (χ4n) is 2.31. The van der Waals surface area contributed by atoms with Crippen LogP contribution in [-0.2, 0) is 6.18 Å². The van der Waals surface area contributed by atoms with Crippen LogP contribution in [0.3, 0.4) is 0 Å². The lowest BCUT2D eigenvalue weighted by Gasteiger charge is -2.12. The number of rotatable bonds is 2. The molecule has 1 heterocycles. The Balaban J connectivity index is 2.30. The van der Waals surface area contributed by atoms with Gasteiger partial charge < -0.3 is 9.72 Å². The lowest BCUT2D eigenvalue weighted by molar-refractivity contribution is -0.137. The molecular formula is C16H11F3N2O2. The Morgan fingerprint density at radius 1 is 1.13 bits per heavy atom. The van der Waals surface area contributed by atoms with Gasteiger partial charge in [0.1, 0.15) is 5.75 Å². The molecule has 1 aromatic heterocycles. The second kappa shape index (κ2) is 5.42. The van der Waals surface area contributed by atoms with Crippen molar-refractivity contribution in [1.29, 1.82) is 0 Å². The summed E-state index contributed by atoms with van der Waals surface area (Å²) in [6, 6.07) is 8.48. The SMILES string of the molecule is COc1ccc(-c2cc(C(F)(F)F)cc3[nH]c(=O)cnc23)cc1. The average Bonchev–Trinajstić information content (AvgIpc) is 2.52. The van der Waals surface area contributed by atoms with Crippen molar-refractivity contribution in [3.05, 3.63) is 58.5 Å². The lowest BCUT2D eigenvalue weighted by Crippen LogP contribution is -2.09. The number of aromatic amines is 1. The van der Waals surface area contributed by atoms with Gasteiger partial charge in [-0.05, 0) is 29.8 Å². The van der Waals surface area contributed by atoms with Gasteiger partial charge in [0, 0.05) is 5.56 Å². The second-order valence-electron chi connectivity index (χ2n) is 4.89. The number of hydrogen-bond acceptors (Lipinski definition) is 3. The van der Waals surface area contributed by atoms with E-state index in [1.54, 1.807) is 24.3 Å². The molecule has 0 spiro atoms. The molecule has 0 atom stereocenters. The van der Waals surface area contributed by atoms with Crippen LogP contribution in [0, 0.1) is 0 Å². The van der Waals surface area contributed by atoms with Gasteiger partial charge in [-0.3, -0.25) is 4.79 Å². The standard InChI is InChI=1S/C16H11F3N2O2/c1-23-11-4-2-9(3-5-11)12-6-10(16(17,18)19)7-13-15(12)20-8-14(22)21-13/h2-8H,1H3,(H,21,22). The molecular weight excluding hydrogens is 309 g/mol. The molecule has 0 bridgehead atoms. The Morgan fingerprint density at radius 2 is 1.83 bits per heavy atom. The first kappa shape index (κ1) is 15.1. The molecule has 3 rings (SSSR count). The van der Waals surface area contributed by atoms with Crippen LogP contribution in [0.2, 0.25) is 0 Å². The molecule has 2 aromatic carbocycles. The first-order valence-electron chi connectivity index (χ1n) is 6.63. The van der Waals surface area contributed by atoms with E-state index < -0.39 is 17.3 Å². The van der Waals surface area contributed by atoms with Gasteiger partial charge in [-0.25, -0.2) is 4.98 Å². The largest absolute Gasteiger partial charge is 0.497 e. The smallest absolute Gasteiger partial charge is 0.416 e. The predicted octanol–water partition coefficient (Wildman–Crippen LogP) is 3.62. The van der Waals surface area contributed by atoms with Gasteiger partial charge in [0.25, 0.3) is 5.56 Å². The van der Waals surface area contributed by atoms with E-state index >= 15 is 0 Å². The highest BCUT2D eigenvalue weighted by Gasteiger charge is 2.31. The summed E-state index contributed by atoms with van der Waals surface area (Å²) < 4.78 is 44.3. The molecule has 0 unspecified atom stereocenters. The van der Waals surface area contributed by atoms with Gasteiger partial charge in [0.05, 0.1) is 29.9 Å². The van der Waals surface area contributed by atoms with Gasteiger partial charge in [-0.15, -0.1) is 0 Å². The molecule has 23 heavy (non-hydrogen) atoms. The number of alkyl halides is 3. The predicted molar refractivity (Wildman–Crippen MR) is 79.4 cm³/mol. The third kappa shape index (κ3) is 2.90. The van der Waals surface area contributed by atoms with Crippen LogP contribution in [0.1, 0.15) is 5.56 Å². The summed E-state index contributed by atoms with van der Waals surface area (Å²) in [6.07, 6.45) is -3.48. The minimum Gasteiger partial charge on any atom is -0.497 e. The van der Waals surface area contributed by atoms with E-state index in [0.29, 0.717) is 16.8 Å². The fraction of sp³-hybridized carbons (Fsp3) is 0.125. The zero-order valence-electron chi connectivity index (χ0n) is 11.9. The normalized spacial score (nSPS) is 11.7. The molecule has 3 aromatic rings. The van der Waals surface area contributed by atoms with Crippen molar-refractivity contribution in [2.45, 2.75) is 6.18 Å². The van der Waals surface area contributed by atoms with E-state index in [0.717, 1.165) is 18.3 Å². The quantitative estimate of drug-likeness (QED) is 0.784. The molecule has 0 saturated carbocycles. The van der Waals surface area contributed by atoms with Crippen molar-refractivity contribution in [2.24, 2.45) is 0 Å². The number of hydrogen-bond donors (Lipinski definition) is 1. The number of methoxy groups -OCH3 is 1. The van der Waals surface area contributed by atoms with Crippen molar-refractivity contribution in [3.8, 4) is 16.9 Å². The van der Waals surface area contributed by atoms with E-state index in [1.165, 1.54) is 7.11 Å². The zero-order valence-corrected chi connectivity index (χ0v) is 11.9. The highest BCUT2D eigenvalue weighted by molar-refractivity contribution is 5.92. The van der Waals surface area contributed by atoms with E-state index in [9.17, 15) is 18.0 Å². The second-order valence-corrected chi connectivity index (χ2v) is 4.89. The summed E-state index contributed by atoms with van der Waals surface area (Å²) >= 11 is 0. The van der Waals surface area contributed by atoms with Crippen LogP contribution >= 0.6 is 0 Å². The minimum absolute atomic E-state index is 0.0399. The summed E-state index contributed by atoms with van der Waals surface area (Å²) in [5.41, 5.74) is -0.243. The molecule has 4 nitrogen and oxygen atoms in total. The van der Waals surface area contributed by atoms with E-state index in [2.05, 4.69) is 9.97 Å². The average molecular weight is 320 g/mol. The maximum Gasteiger partial charge on any atom is 0.416 e. The third-order valence-corrected chi connectivity index (χ3v) is 3.41. The van der Waals surface area contributed by atoms with Gasteiger partial charge in [0.15, 0.2) is 0 Å². The Labute approximate surface area is 128 Å². The minimum atomic E-state index is -4.53. The Kier molecular flexibility index (Phi) is 3.55.